The summed E-state index contributed by atoms with van der Waals surface area (Å²) in [5.74, 6) is -0.494. The van der Waals surface area contributed by atoms with Crippen LogP contribution >= 0.6 is 23.2 Å². The monoisotopic (exact) mass is 475 g/mol. The van der Waals surface area contributed by atoms with Gasteiger partial charge in [-0.05, 0) is 26.0 Å². The zero-order chi connectivity index (χ0) is 23.2. The lowest BCUT2D eigenvalue weighted by Crippen LogP contribution is -2.32. The predicted molar refractivity (Wildman–Crippen MR) is 126 cm³/mol. The second kappa shape index (κ2) is 8.52. The van der Waals surface area contributed by atoms with E-state index in [2.05, 4.69) is 20.0 Å². The van der Waals surface area contributed by atoms with Crippen molar-refractivity contribution in [3.05, 3.63) is 61.9 Å². The molecule has 0 fully saturated rings. The summed E-state index contributed by atoms with van der Waals surface area (Å²) in [4.78, 5) is 27.0. The van der Waals surface area contributed by atoms with Crippen molar-refractivity contribution in [2.24, 2.45) is 20.7 Å². The number of aromatic amines is 1. The number of benzene rings is 1. The molecule has 1 aromatic carbocycles. The number of nitrogens with two attached hydrogens (primary N) is 1. The van der Waals surface area contributed by atoms with E-state index in [-0.39, 0.29) is 33.2 Å². The minimum absolute atomic E-state index is 0.0877. The average molecular weight is 476 g/mol. The van der Waals surface area contributed by atoms with Gasteiger partial charge in [0.2, 0.25) is 5.56 Å². The first-order chi connectivity index (χ1) is 15.2. The molecule has 0 saturated carbocycles. The molecule has 10 heteroatoms. The van der Waals surface area contributed by atoms with Crippen LogP contribution < -0.4 is 16.0 Å². The summed E-state index contributed by atoms with van der Waals surface area (Å²) in [6.45, 7) is 5.56. The third-order valence-corrected chi connectivity index (χ3v) is 5.79. The highest BCUT2D eigenvalue weighted by Gasteiger charge is 2.37. The van der Waals surface area contributed by atoms with Crippen LogP contribution in [0.3, 0.4) is 0 Å². The second-order valence-electron chi connectivity index (χ2n) is 7.72. The molecule has 7 nitrogen and oxygen atoms in total. The molecule has 3 N–H and O–H groups in total. The lowest BCUT2D eigenvalue weighted by atomic mass is 9.87. The molecule has 166 valence electrons. The quantitative estimate of drug-likeness (QED) is 0.625. The van der Waals surface area contributed by atoms with Crippen LogP contribution in [0.2, 0.25) is 5.02 Å². The van der Waals surface area contributed by atoms with Gasteiger partial charge in [-0.1, -0.05) is 30.1 Å². The zero-order valence-electron chi connectivity index (χ0n) is 17.5. The van der Waals surface area contributed by atoms with Crippen molar-refractivity contribution in [2.75, 3.05) is 0 Å². The van der Waals surface area contributed by atoms with Gasteiger partial charge in [-0.15, -0.1) is 0 Å². The van der Waals surface area contributed by atoms with Gasteiger partial charge in [0.15, 0.2) is 5.82 Å². The van der Waals surface area contributed by atoms with Crippen LogP contribution in [0.15, 0.2) is 54.9 Å². The Morgan fingerprint density at radius 1 is 1.25 bits per heavy atom. The van der Waals surface area contributed by atoms with E-state index in [0.717, 1.165) is 0 Å². The number of pyridine rings is 1. The lowest BCUT2D eigenvalue weighted by Gasteiger charge is -2.25. The van der Waals surface area contributed by atoms with Crippen molar-refractivity contribution < 1.29 is 9.13 Å². The number of rotatable bonds is 5. The highest BCUT2D eigenvalue weighted by atomic mass is 35.5. The summed E-state index contributed by atoms with van der Waals surface area (Å²) in [6, 6.07) is 3.85. The highest BCUT2D eigenvalue weighted by Crippen LogP contribution is 2.44. The van der Waals surface area contributed by atoms with Gasteiger partial charge in [0, 0.05) is 29.3 Å². The van der Waals surface area contributed by atoms with E-state index >= 15 is 4.39 Å². The van der Waals surface area contributed by atoms with Crippen LogP contribution in [0.25, 0.3) is 11.1 Å². The molecule has 0 spiro atoms. The standard InChI is InChI=1S/C22H20Cl2FN5O2/c1-9(2)32-20-12(6-13(23)17(25)15(20)11-4-5-14(31)27-7-11)10(3)18-19-16(21(24)30-18)22(26)29-8-28-19/h4-10,19H,1-3H3,(H,27,31)(H2,26,28,29). The number of fused-ring (bicyclic) bond motifs is 1. The molecular weight excluding hydrogens is 456 g/mol. The third kappa shape index (κ3) is 3.84. The van der Waals surface area contributed by atoms with Crippen molar-refractivity contribution in [3.63, 3.8) is 0 Å². The number of nitrogens with zero attached hydrogens (tertiary/aromatic N) is 3. The fourth-order valence-corrected chi connectivity index (χ4v) is 4.26. The number of hydrogen-bond acceptors (Lipinski definition) is 6. The maximum atomic E-state index is 15.3. The maximum absolute atomic E-state index is 15.3. The van der Waals surface area contributed by atoms with Gasteiger partial charge in [-0.25, -0.2) is 14.4 Å². The SMILES string of the molecule is CC(C)Oc1c(C(C)C2=NC(Cl)=C3C(N)=NC=NC23)cc(Cl)c(F)c1-c1ccc(=O)[nH]c1. The summed E-state index contributed by atoms with van der Waals surface area (Å²) in [5.41, 5.74) is 8.00. The molecule has 0 radical (unpaired) electrons. The molecule has 2 aliphatic rings. The Bertz CT molecular complexity index is 1260. The fourth-order valence-electron chi connectivity index (χ4n) is 3.75. The smallest absolute Gasteiger partial charge is 0.247 e. The molecule has 0 amide bonds. The number of aromatic nitrogens is 1. The van der Waals surface area contributed by atoms with Crippen LogP contribution in [0.1, 0.15) is 32.3 Å². The first-order valence-electron chi connectivity index (χ1n) is 9.90. The van der Waals surface area contributed by atoms with Crippen molar-refractivity contribution in [1.82, 2.24) is 4.98 Å². The fraction of sp³-hybridized carbons (Fsp3) is 0.273. The van der Waals surface area contributed by atoms with Crippen molar-refractivity contribution >= 4 is 41.1 Å². The zero-order valence-corrected chi connectivity index (χ0v) is 19.0. The van der Waals surface area contributed by atoms with Gasteiger partial charge in [0.25, 0.3) is 0 Å². The van der Waals surface area contributed by atoms with E-state index in [1.807, 2.05) is 20.8 Å². The van der Waals surface area contributed by atoms with Gasteiger partial charge >= 0.3 is 0 Å². The summed E-state index contributed by atoms with van der Waals surface area (Å²) in [6.07, 6.45) is 2.53. The first-order valence-corrected chi connectivity index (χ1v) is 10.7. The second-order valence-corrected chi connectivity index (χ2v) is 8.48. The Balaban J connectivity index is 1.88. The van der Waals surface area contributed by atoms with Crippen molar-refractivity contribution in [1.29, 1.82) is 0 Å². The van der Waals surface area contributed by atoms with Crippen molar-refractivity contribution in [2.45, 2.75) is 38.8 Å². The molecule has 1 aromatic heterocycles. The Morgan fingerprint density at radius 3 is 2.66 bits per heavy atom. The van der Waals surface area contributed by atoms with Gasteiger partial charge in [0.05, 0.1) is 28.0 Å². The number of amidine groups is 1. The Labute approximate surface area is 193 Å². The van der Waals surface area contributed by atoms with E-state index in [9.17, 15) is 4.79 Å². The summed E-state index contributed by atoms with van der Waals surface area (Å²) in [5, 5.41) is 0.130. The summed E-state index contributed by atoms with van der Waals surface area (Å²) >= 11 is 12.6. The molecule has 0 aliphatic carbocycles. The number of halogens is 3. The molecule has 32 heavy (non-hydrogen) atoms. The third-order valence-electron chi connectivity index (χ3n) is 5.23. The molecule has 2 unspecified atom stereocenters. The average Bonchev–Trinajstić information content (AvgIpc) is 3.09. The minimum atomic E-state index is -0.650. The molecular formula is C22H20Cl2FN5O2. The van der Waals surface area contributed by atoms with Gasteiger partial charge in [-0.3, -0.25) is 9.79 Å². The first kappa shape index (κ1) is 22.2. The van der Waals surface area contributed by atoms with Gasteiger partial charge < -0.3 is 15.5 Å². The number of H-pyrrole nitrogens is 1. The number of hydrogen-bond donors (Lipinski definition) is 2. The largest absolute Gasteiger partial charge is 0.490 e. The van der Waals surface area contributed by atoms with Gasteiger partial charge in [-0.2, -0.15) is 0 Å². The van der Waals surface area contributed by atoms with Gasteiger partial charge in [0.1, 0.15) is 29.1 Å². The van der Waals surface area contributed by atoms with E-state index in [4.69, 9.17) is 33.7 Å². The Hall–Kier alpha value is -2.97. The van der Waals surface area contributed by atoms with E-state index < -0.39 is 17.8 Å². The molecule has 4 rings (SSSR count). The summed E-state index contributed by atoms with van der Waals surface area (Å²) < 4.78 is 21.4. The van der Waals surface area contributed by atoms with Crippen LogP contribution in [-0.2, 0) is 0 Å². The molecule has 2 atom stereocenters. The predicted octanol–water partition coefficient (Wildman–Crippen LogP) is 4.40. The lowest BCUT2D eigenvalue weighted by molar-refractivity contribution is 0.240. The van der Waals surface area contributed by atoms with Crippen LogP contribution in [-0.4, -0.2) is 35.0 Å². The van der Waals surface area contributed by atoms with Crippen molar-refractivity contribution in [3.8, 4) is 16.9 Å². The van der Waals surface area contributed by atoms with Crippen LogP contribution in [0.4, 0.5) is 4.39 Å². The highest BCUT2D eigenvalue weighted by molar-refractivity contribution is 6.35. The number of aliphatic imine (C=N–C) groups is 3. The summed E-state index contributed by atoms with van der Waals surface area (Å²) in [7, 11) is 0. The molecule has 0 saturated heterocycles. The Morgan fingerprint density at radius 2 is 2.00 bits per heavy atom. The number of nitrogens with one attached hydrogen (secondary N) is 1. The molecule has 0 bridgehead atoms. The molecule has 2 aromatic rings. The minimum Gasteiger partial charge on any atom is -0.490 e. The molecule has 3 heterocycles. The topological polar surface area (TPSA) is 105 Å². The Kier molecular flexibility index (Phi) is 5.92. The maximum Gasteiger partial charge on any atom is 0.247 e. The van der Waals surface area contributed by atoms with E-state index in [0.29, 0.717) is 28.2 Å². The van der Waals surface area contributed by atoms with Crippen LogP contribution in [0.5, 0.6) is 5.75 Å². The normalized spacial score (nSPS) is 18.5. The van der Waals surface area contributed by atoms with E-state index in [1.165, 1.54) is 30.7 Å². The van der Waals surface area contributed by atoms with E-state index in [1.54, 1.807) is 0 Å². The number of ether oxygens (including phenoxy) is 1. The molecule has 2 aliphatic heterocycles. The van der Waals surface area contributed by atoms with Crippen LogP contribution in [0, 0.1) is 5.82 Å².